The molecule has 0 bridgehead atoms. The Morgan fingerprint density at radius 2 is 1.81 bits per heavy atom. The number of hydrogen-bond acceptors (Lipinski definition) is 4. The van der Waals surface area contributed by atoms with Crippen molar-refractivity contribution in [3.8, 4) is 0 Å². The maximum atomic E-state index is 12.8. The van der Waals surface area contributed by atoms with E-state index < -0.39 is 0 Å². The molecule has 1 aliphatic heterocycles. The summed E-state index contributed by atoms with van der Waals surface area (Å²) in [7, 11) is 1.63. The molecule has 2 amide bonds. The van der Waals surface area contributed by atoms with Crippen molar-refractivity contribution in [3.05, 3.63) is 89.1 Å². The molecule has 0 saturated heterocycles. The van der Waals surface area contributed by atoms with Crippen LogP contribution in [0.25, 0.3) is 0 Å². The predicted molar refractivity (Wildman–Crippen MR) is 122 cm³/mol. The number of pyridine rings is 1. The van der Waals surface area contributed by atoms with Gasteiger partial charge in [-0.05, 0) is 66.4 Å². The van der Waals surface area contributed by atoms with Crippen LogP contribution in [0.15, 0.2) is 66.9 Å². The Balaban J connectivity index is 1.36. The number of benzene rings is 2. The first-order valence-corrected chi connectivity index (χ1v) is 10.4. The molecule has 0 unspecified atom stereocenters. The minimum atomic E-state index is -0.280. The van der Waals surface area contributed by atoms with Crippen molar-refractivity contribution in [3.63, 3.8) is 0 Å². The number of anilines is 2. The van der Waals surface area contributed by atoms with E-state index in [1.54, 1.807) is 19.3 Å². The number of hydrogen-bond donors (Lipinski definition) is 1. The van der Waals surface area contributed by atoms with Crippen molar-refractivity contribution in [2.45, 2.75) is 19.9 Å². The number of likely N-dealkylation sites (N-methyl/N-ethyl adjacent to an activating group) is 1. The normalized spacial score (nSPS) is 12.8. The summed E-state index contributed by atoms with van der Waals surface area (Å²) >= 11 is 0. The SMILES string of the molecule is Cc1ccnc(NC(=O)CN(C)C(=O)c2ccc(N3CCc4ccccc4C3)cc2)c1. The number of fused-ring (bicyclic) bond motifs is 1. The smallest absolute Gasteiger partial charge is 0.254 e. The second-order valence-electron chi connectivity index (χ2n) is 7.91. The van der Waals surface area contributed by atoms with Gasteiger partial charge in [-0.3, -0.25) is 9.59 Å². The van der Waals surface area contributed by atoms with E-state index >= 15 is 0 Å². The average molecular weight is 415 g/mol. The molecule has 1 N–H and O–H groups in total. The summed E-state index contributed by atoms with van der Waals surface area (Å²) in [6.07, 6.45) is 2.66. The van der Waals surface area contributed by atoms with Crippen LogP contribution >= 0.6 is 0 Å². The lowest BCUT2D eigenvalue weighted by Gasteiger charge is -2.30. The molecular weight excluding hydrogens is 388 g/mol. The number of rotatable bonds is 5. The van der Waals surface area contributed by atoms with Crippen molar-refractivity contribution in [1.29, 1.82) is 0 Å². The van der Waals surface area contributed by atoms with E-state index in [1.165, 1.54) is 16.0 Å². The topological polar surface area (TPSA) is 65.5 Å². The van der Waals surface area contributed by atoms with Crippen LogP contribution in [-0.4, -0.2) is 41.8 Å². The van der Waals surface area contributed by atoms with Gasteiger partial charge in [-0.1, -0.05) is 24.3 Å². The molecule has 6 nitrogen and oxygen atoms in total. The largest absolute Gasteiger partial charge is 0.367 e. The highest BCUT2D eigenvalue weighted by Crippen LogP contribution is 2.24. The second kappa shape index (κ2) is 9.00. The highest BCUT2D eigenvalue weighted by atomic mass is 16.2. The number of nitrogens with one attached hydrogen (secondary N) is 1. The number of amides is 2. The summed E-state index contributed by atoms with van der Waals surface area (Å²) < 4.78 is 0. The lowest BCUT2D eigenvalue weighted by atomic mass is 9.99. The zero-order valence-electron chi connectivity index (χ0n) is 17.8. The number of carbonyl (C=O) groups is 2. The first kappa shape index (κ1) is 20.6. The molecule has 0 fully saturated rings. The van der Waals surface area contributed by atoms with Crippen molar-refractivity contribution in [1.82, 2.24) is 9.88 Å². The van der Waals surface area contributed by atoms with E-state index in [0.29, 0.717) is 11.4 Å². The van der Waals surface area contributed by atoms with Crippen LogP contribution in [-0.2, 0) is 17.8 Å². The summed E-state index contributed by atoms with van der Waals surface area (Å²) in [5, 5.41) is 2.73. The van der Waals surface area contributed by atoms with E-state index in [2.05, 4.69) is 39.5 Å². The van der Waals surface area contributed by atoms with Crippen LogP contribution in [0.5, 0.6) is 0 Å². The molecule has 0 spiro atoms. The molecule has 3 aromatic rings. The Morgan fingerprint density at radius 1 is 1.06 bits per heavy atom. The van der Waals surface area contributed by atoms with E-state index in [4.69, 9.17) is 0 Å². The molecule has 4 rings (SSSR count). The first-order valence-electron chi connectivity index (χ1n) is 10.4. The fourth-order valence-electron chi connectivity index (χ4n) is 3.83. The summed E-state index contributed by atoms with van der Waals surface area (Å²) in [6, 6.07) is 19.8. The first-order chi connectivity index (χ1) is 15.0. The van der Waals surface area contributed by atoms with Crippen LogP contribution in [0, 0.1) is 6.92 Å². The lowest BCUT2D eigenvalue weighted by Crippen LogP contribution is -2.35. The Labute approximate surface area is 182 Å². The number of carbonyl (C=O) groups excluding carboxylic acids is 2. The Kier molecular flexibility index (Phi) is 5.98. The van der Waals surface area contributed by atoms with Crippen LogP contribution in [0.3, 0.4) is 0 Å². The molecular formula is C25H26N4O2. The molecule has 0 aliphatic carbocycles. The Morgan fingerprint density at radius 3 is 2.55 bits per heavy atom. The zero-order valence-corrected chi connectivity index (χ0v) is 17.8. The monoisotopic (exact) mass is 414 g/mol. The van der Waals surface area contributed by atoms with Gasteiger partial charge in [-0.25, -0.2) is 4.98 Å². The third-order valence-corrected chi connectivity index (χ3v) is 5.52. The average Bonchev–Trinajstić information content (AvgIpc) is 2.78. The summed E-state index contributed by atoms with van der Waals surface area (Å²) in [4.78, 5) is 32.9. The molecule has 2 heterocycles. The number of aromatic nitrogens is 1. The molecule has 6 heteroatoms. The standard InChI is InChI=1S/C25H26N4O2/c1-18-11-13-26-23(15-18)27-24(30)17-28(2)25(31)20-7-9-22(10-8-20)29-14-12-19-5-3-4-6-21(19)16-29/h3-11,13,15H,12,14,16-17H2,1-2H3,(H,26,27,30). The predicted octanol–water partition coefficient (Wildman–Crippen LogP) is 3.66. The Hall–Kier alpha value is -3.67. The van der Waals surface area contributed by atoms with Crippen molar-refractivity contribution >= 4 is 23.3 Å². The quantitative estimate of drug-likeness (QED) is 0.692. The van der Waals surface area contributed by atoms with Crippen LogP contribution in [0.1, 0.15) is 27.0 Å². The lowest BCUT2D eigenvalue weighted by molar-refractivity contribution is -0.116. The van der Waals surface area contributed by atoms with E-state index in [0.717, 1.165) is 30.8 Å². The van der Waals surface area contributed by atoms with Gasteiger partial charge in [-0.2, -0.15) is 0 Å². The maximum absolute atomic E-state index is 12.8. The van der Waals surface area contributed by atoms with Gasteiger partial charge < -0.3 is 15.1 Å². The van der Waals surface area contributed by atoms with Crippen LogP contribution in [0.4, 0.5) is 11.5 Å². The second-order valence-corrected chi connectivity index (χ2v) is 7.91. The molecule has 158 valence electrons. The number of nitrogens with zero attached hydrogens (tertiary/aromatic N) is 3. The van der Waals surface area contributed by atoms with E-state index in [9.17, 15) is 9.59 Å². The van der Waals surface area contributed by atoms with Gasteiger partial charge in [-0.15, -0.1) is 0 Å². The van der Waals surface area contributed by atoms with Crippen LogP contribution < -0.4 is 10.2 Å². The van der Waals surface area contributed by atoms with E-state index in [1.807, 2.05) is 37.3 Å². The van der Waals surface area contributed by atoms with Gasteiger partial charge in [0.2, 0.25) is 5.91 Å². The third kappa shape index (κ3) is 4.91. The summed E-state index contributed by atoms with van der Waals surface area (Å²) in [6.45, 7) is 3.71. The van der Waals surface area contributed by atoms with Crippen LogP contribution in [0.2, 0.25) is 0 Å². The summed E-state index contributed by atoms with van der Waals surface area (Å²) in [5.41, 5.74) is 5.42. The minimum absolute atomic E-state index is 0.0425. The zero-order chi connectivity index (χ0) is 21.8. The molecule has 31 heavy (non-hydrogen) atoms. The highest BCUT2D eigenvalue weighted by Gasteiger charge is 2.18. The fraction of sp³-hybridized carbons (Fsp3) is 0.240. The van der Waals surface area contributed by atoms with Gasteiger partial charge in [0.15, 0.2) is 0 Å². The summed E-state index contributed by atoms with van der Waals surface area (Å²) in [5.74, 6) is 0.0127. The molecule has 0 radical (unpaired) electrons. The molecule has 1 aliphatic rings. The minimum Gasteiger partial charge on any atom is -0.367 e. The molecule has 2 aromatic carbocycles. The van der Waals surface area contributed by atoms with E-state index in [-0.39, 0.29) is 18.4 Å². The van der Waals surface area contributed by atoms with Gasteiger partial charge in [0.05, 0.1) is 6.54 Å². The van der Waals surface area contributed by atoms with Crippen molar-refractivity contribution in [2.75, 3.05) is 30.4 Å². The van der Waals surface area contributed by atoms with Gasteiger partial charge >= 0.3 is 0 Å². The van der Waals surface area contributed by atoms with Gasteiger partial charge in [0, 0.05) is 37.6 Å². The highest BCUT2D eigenvalue weighted by molar-refractivity contribution is 5.99. The fourth-order valence-corrected chi connectivity index (χ4v) is 3.83. The third-order valence-electron chi connectivity index (χ3n) is 5.52. The van der Waals surface area contributed by atoms with Crippen molar-refractivity contribution in [2.24, 2.45) is 0 Å². The van der Waals surface area contributed by atoms with Gasteiger partial charge in [0.1, 0.15) is 5.82 Å². The maximum Gasteiger partial charge on any atom is 0.254 e. The number of aryl methyl sites for hydroxylation is 1. The van der Waals surface area contributed by atoms with Crippen molar-refractivity contribution < 1.29 is 9.59 Å². The molecule has 1 aromatic heterocycles. The Bertz CT molecular complexity index is 1090. The molecule has 0 atom stereocenters. The molecule has 0 saturated carbocycles. The van der Waals surface area contributed by atoms with Gasteiger partial charge in [0.25, 0.3) is 5.91 Å².